The average Bonchev–Trinajstić information content (AvgIpc) is 2.10. The van der Waals surface area contributed by atoms with Crippen LogP contribution in [0.25, 0.3) is 0 Å². The van der Waals surface area contributed by atoms with Crippen LogP contribution in [0.3, 0.4) is 0 Å². The van der Waals surface area contributed by atoms with E-state index in [1.54, 1.807) is 0 Å². The molecule has 4 heteroatoms. The predicted octanol–water partition coefficient (Wildman–Crippen LogP) is -1.25. The van der Waals surface area contributed by atoms with Gasteiger partial charge in [-0.15, -0.1) is 0 Å². The van der Waals surface area contributed by atoms with Gasteiger partial charge in [-0.3, -0.25) is 0 Å². The summed E-state index contributed by atoms with van der Waals surface area (Å²) in [6.07, 6.45) is 0.0903. The van der Waals surface area contributed by atoms with Gasteiger partial charge in [-0.25, -0.2) is 4.79 Å². The molecule has 50 valence electrons. The molecule has 1 unspecified atom stereocenters. The van der Waals surface area contributed by atoms with Gasteiger partial charge in [-0.05, 0) is 0 Å². The van der Waals surface area contributed by atoms with E-state index in [2.05, 4.69) is 4.74 Å². The molecule has 0 fully saturated rings. The van der Waals surface area contributed by atoms with Crippen LogP contribution in [0.4, 0.5) is 0 Å². The summed E-state index contributed by atoms with van der Waals surface area (Å²) < 4.78 is 4.31. The highest BCUT2D eigenvalue weighted by molar-refractivity contribution is 5.85. The molecule has 0 aliphatic carbocycles. The van der Waals surface area contributed by atoms with E-state index in [0.717, 1.165) is 0 Å². The topological polar surface area (TPSA) is 72.6 Å². The number of carbonyl (C=O) groups excluding carboxylic acids is 1. The molecule has 1 heterocycles. The number of aliphatic hydroxyl groups is 1. The van der Waals surface area contributed by atoms with Crippen LogP contribution in [-0.2, 0) is 9.53 Å². The summed E-state index contributed by atoms with van der Waals surface area (Å²) in [7, 11) is 0. The van der Waals surface area contributed by atoms with Crippen molar-refractivity contribution in [3.8, 4) is 0 Å². The van der Waals surface area contributed by atoms with Crippen molar-refractivity contribution in [1.82, 2.24) is 0 Å². The number of ether oxygens (including phenoxy) is 1. The summed E-state index contributed by atoms with van der Waals surface area (Å²) in [6, 6.07) is 0. The molecule has 0 aromatic rings. The van der Waals surface area contributed by atoms with Crippen molar-refractivity contribution in [3.05, 3.63) is 11.6 Å². The third-order valence-electron chi connectivity index (χ3n) is 1.08. The van der Waals surface area contributed by atoms with E-state index in [1.807, 2.05) is 0 Å². The highest BCUT2D eigenvalue weighted by atomic mass is 16.6. The maximum absolute atomic E-state index is 10.3. The Balaban J connectivity index is 2.68. The Bertz CT molecular complexity index is 164. The fraction of sp³-hybridized carbons (Fsp3) is 0.400. The minimum atomic E-state index is -1.11. The quantitative estimate of drug-likeness (QED) is 0.434. The maximum atomic E-state index is 10.3. The summed E-state index contributed by atoms with van der Waals surface area (Å²) in [5, 5.41) is 8.77. The van der Waals surface area contributed by atoms with Crippen LogP contribution in [0.5, 0.6) is 0 Å². The van der Waals surface area contributed by atoms with E-state index in [-0.39, 0.29) is 6.54 Å². The number of aliphatic hydroxyl groups excluding tert-OH is 1. The molecule has 1 aliphatic rings. The van der Waals surface area contributed by atoms with Gasteiger partial charge in [0.1, 0.15) is 0 Å². The van der Waals surface area contributed by atoms with Crippen LogP contribution in [-0.4, -0.2) is 23.9 Å². The lowest BCUT2D eigenvalue weighted by molar-refractivity contribution is -0.151. The molecule has 9 heavy (non-hydrogen) atoms. The predicted molar refractivity (Wildman–Crippen MR) is 29.2 cm³/mol. The molecule has 0 spiro atoms. The van der Waals surface area contributed by atoms with Crippen molar-refractivity contribution in [2.45, 2.75) is 6.29 Å². The summed E-state index contributed by atoms with van der Waals surface area (Å²) in [4.78, 5) is 10.3. The highest BCUT2D eigenvalue weighted by Gasteiger charge is 2.21. The monoisotopic (exact) mass is 129 g/mol. The van der Waals surface area contributed by atoms with Crippen molar-refractivity contribution in [3.63, 3.8) is 0 Å². The van der Waals surface area contributed by atoms with Crippen LogP contribution in [0, 0.1) is 0 Å². The molecule has 0 aromatic heterocycles. The molecule has 0 bridgehead atoms. The Labute approximate surface area is 51.9 Å². The number of esters is 1. The van der Waals surface area contributed by atoms with E-state index >= 15 is 0 Å². The van der Waals surface area contributed by atoms with Gasteiger partial charge >= 0.3 is 5.97 Å². The van der Waals surface area contributed by atoms with E-state index in [1.165, 1.54) is 6.08 Å². The first-order valence-corrected chi connectivity index (χ1v) is 2.53. The molecule has 0 aromatic carbocycles. The molecular weight excluding hydrogens is 122 g/mol. The van der Waals surface area contributed by atoms with Gasteiger partial charge in [0.15, 0.2) is 0 Å². The molecule has 0 saturated heterocycles. The third-order valence-corrected chi connectivity index (χ3v) is 1.08. The van der Waals surface area contributed by atoms with Crippen molar-refractivity contribution in [2.24, 2.45) is 5.73 Å². The standard InChI is InChI=1S/C5H7NO3/c6-2-3-1-4(7)9-5(3)8/h1,5,8H,2,6H2. The first-order valence-electron chi connectivity index (χ1n) is 2.53. The fourth-order valence-corrected chi connectivity index (χ4v) is 0.602. The molecule has 1 rings (SSSR count). The number of hydrogen-bond donors (Lipinski definition) is 2. The van der Waals surface area contributed by atoms with Gasteiger partial charge < -0.3 is 15.6 Å². The Hall–Kier alpha value is -0.870. The molecule has 0 saturated carbocycles. The van der Waals surface area contributed by atoms with Gasteiger partial charge in [-0.1, -0.05) is 0 Å². The SMILES string of the molecule is NCC1=CC(=O)OC1O. The van der Waals surface area contributed by atoms with Crippen LogP contribution >= 0.6 is 0 Å². The van der Waals surface area contributed by atoms with Gasteiger partial charge in [-0.2, -0.15) is 0 Å². The summed E-state index contributed by atoms with van der Waals surface area (Å²) >= 11 is 0. The normalized spacial score (nSPS) is 25.8. The number of hydrogen-bond acceptors (Lipinski definition) is 4. The zero-order chi connectivity index (χ0) is 6.85. The molecule has 4 nitrogen and oxygen atoms in total. The van der Waals surface area contributed by atoms with E-state index in [9.17, 15) is 4.79 Å². The van der Waals surface area contributed by atoms with E-state index in [0.29, 0.717) is 5.57 Å². The Morgan fingerprint density at radius 3 is 2.78 bits per heavy atom. The fourth-order valence-electron chi connectivity index (χ4n) is 0.602. The molecule has 0 amide bonds. The summed E-state index contributed by atoms with van der Waals surface area (Å²) in [5.74, 6) is -0.525. The smallest absolute Gasteiger partial charge is 0.333 e. The molecular formula is C5H7NO3. The second-order valence-corrected chi connectivity index (χ2v) is 1.71. The first-order chi connectivity index (χ1) is 4.24. The van der Waals surface area contributed by atoms with Gasteiger partial charge in [0.25, 0.3) is 0 Å². The molecule has 3 N–H and O–H groups in total. The van der Waals surface area contributed by atoms with Gasteiger partial charge in [0.05, 0.1) is 0 Å². The maximum Gasteiger partial charge on any atom is 0.333 e. The van der Waals surface area contributed by atoms with Gasteiger partial charge in [0, 0.05) is 18.2 Å². The Morgan fingerprint density at radius 1 is 1.89 bits per heavy atom. The van der Waals surface area contributed by atoms with Crippen molar-refractivity contribution < 1.29 is 14.6 Å². The first kappa shape index (κ1) is 6.25. The third kappa shape index (κ3) is 1.09. The number of nitrogens with two attached hydrogens (primary N) is 1. The van der Waals surface area contributed by atoms with Crippen molar-refractivity contribution in [1.29, 1.82) is 0 Å². The highest BCUT2D eigenvalue weighted by Crippen LogP contribution is 2.10. The molecule has 1 atom stereocenters. The number of rotatable bonds is 1. The lowest BCUT2D eigenvalue weighted by atomic mass is 10.3. The van der Waals surface area contributed by atoms with Crippen LogP contribution in [0.1, 0.15) is 0 Å². The molecule has 1 aliphatic heterocycles. The zero-order valence-electron chi connectivity index (χ0n) is 4.70. The largest absolute Gasteiger partial charge is 0.429 e. The minimum absolute atomic E-state index is 0.160. The number of carbonyl (C=O) groups is 1. The average molecular weight is 129 g/mol. The lowest BCUT2D eigenvalue weighted by Gasteiger charge is -2.02. The Kier molecular flexibility index (Phi) is 1.50. The Morgan fingerprint density at radius 2 is 2.56 bits per heavy atom. The molecule has 0 radical (unpaired) electrons. The second-order valence-electron chi connectivity index (χ2n) is 1.71. The lowest BCUT2D eigenvalue weighted by Crippen LogP contribution is -2.15. The second kappa shape index (κ2) is 2.16. The van der Waals surface area contributed by atoms with Crippen molar-refractivity contribution in [2.75, 3.05) is 6.54 Å². The van der Waals surface area contributed by atoms with Crippen LogP contribution < -0.4 is 5.73 Å². The van der Waals surface area contributed by atoms with Gasteiger partial charge in [0.2, 0.25) is 6.29 Å². The van der Waals surface area contributed by atoms with E-state index in [4.69, 9.17) is 10.8 Å². The summed E-state index contributed by atoms with van der Waals surface area (Å²) in [6.45, 7) is 0.160. The minimum Gasteiger partial charge on any atom is -0.429 e. The van der Waals surface area contributed by atoms with Crippen LogP contribution in [0.15, 0.2) is 11.6 Å². The van der Waals surface area contributed by atoms with E-state index < -0.39 is 12.3 Å². The zero-order valence-corrected chi connectivity index (χ0v) is 4.70. The summed E-state index contributed by atoms with van der Waals surface area (Å²) in [5.41, 5.74) is 5.56. The van der Waals surface area contributed by atoms with Crippen molar-refractivity contribution >= 4 is 5.97 Å². The number of cyclic esters (lactones) is 1. The van der Waals surface area contributed by atoms with Crippen LogP contribution in [0.2, 0.25) is 0 Å².